The van der Waals surface area contributed by atoms with Crippen LogP contribution in [0.25, 0.3) is 0 Å². The molecule has 6 heteroatoms. The molecule has 0 aromatic rings. The molecule has 0 heterocycles. The Kier molecular flexibility index (Phi) is 7.42. The number of carbonyl (C=O) groups excluding carboxylic acids is 3. The summed E-state index contributed by atoms with van der Waals surface area (Å²) in [4.78, 5) is 32.6. The largest absolute Gasteiger partial charge is 0.469 e. The highest BCUT2D eigenvalue weighted by Gasteiger charge is 2.14. The Hall–Kier alpha value is -1.85. The highest BCUT2D eigenvalue weighted by atomic mass is 16.6. The van der Waals surface area contributed by atoms with E-state index in [0.717, 1.165) is 0 Å². The van der Waals surface area contributed by atoms with Crippen LogP contribution in [0.15, 0.2) is 12.2 Å². The molecule has 0 N–H and O–H groups in total. The third-order valence-electron chi connectivity index (χ3n) is 1.86. The standard InChI is InChI=1S/C12H18O6/c1-8(17-9(2)13)5-6-11(18-10(3)14)7-12(15)16-4/h5-6,8,11H,7H2,1-4H3. The molecule has 0 saturated carbocycles. The van der Waals surface area contributed by atoms with Crippen molar-refractivity contribution in [1.29, 1.82) is 0 Å². The number of hydrogen-bond acceptors (Lipinski definition) is 6. The van der Waals surface area contributed by atoms with Gasteiger partial charge in [-0.15, -0.1) is 0 Å². The van der Waals surface area contributed by atoms with Crippen molar-refractivity contribution in [3.8, 4) is 0 Å². The summed E-state index contributed by atoms with van der Waals surface area (Å²) in [6, 6.07) is 0. The Labute approximate surface area is 106 Å². The first kappa shape index (κ1) is 16.1. The van der Waals surface area contributed by atoms with Crippen molar-refractivity contribution in [2.45, 2.75) is 39.4 Å². The van der Waals surface area contributed by atoms with Gasteiger partial charge in [0.05, 0.1) is 13.5 Å². The summed E-state index contributed by atoms with van der Waals surface area (Å²) >= 11 is 0. The SMILES string of the molecule is COC(=O)CC(C=CC(C)OC(C)=O)OC(C)=O. The van der Waals surface area contributed by atoms with Gasteiger partial charge in [-0.3, -0.25) is 14.4 Å². The van der Waals surface area contributed by atoms with Crippen LogP contribution in [0.1, 0.15) is 27.2 Å². The van der Waals surface area contributed by atoms with E-state index in [1.807, 2.05) is 0 Å². The van der Waals surface area contributed by atoms with Crippen molar-refractivity contribution < 1.29 is 28.6 Å². The maximum Gasteiger partial charge on any atom is 0.309 e. The summed E-state index contributed by atoms with van der Waals surface area (Å²) in [5.74, 6) is -1.41. The predicted octanol–water partition coefficient (Wildman–Crippen LogP) is 0.989. The summed E-state index contributed by atoms with van der Waals surface area (Å²) in [6.45, 7) is 4.19. The molecule has 18 heavy (non-hydrogen) atoms. The maximum absolute atomic E-state index is 11.1. The van der Waals surface area contributed by atoms with Crippen molar-refractivity contribution in [1.82, 2.24) is 0 Å². The highest BCUT2D eigenvalue weighted by molar-refractivity contribution is 5.71. The van der Waals surface area contributed by atoms with Gasteiger partial charge in [-0.25, -0.2) is 0 Å². The van der Waals surface area contributed by atoms with Gasteiger partial charge in [0.15, 0.2) is 0 Å². The summed E-state index contributed by atoms with van der Waals surface area (Å²) in [5.41, 5.74) is 0. The molecule has 0 aliphatic heterocycles. The van der Waals surface area contributed by atoms with Crippen LogP contribution in [0.2, 0.25) is 0 Å². The Bertz CT molecular complexity index is 333. The van der Waals surface area contributed by atoms with E-state index in [4.69, 9.17) is 9.47 Å². The Morgan fingerprint density at radius 2 is 1.61 bits per heavy atom. The van der Waals surface area contributed by atoms with Crippen LogP contribution >= 0.6 is 0 Å². The van der Waals surface area contributed by atoms with E-state index in [1.165, 1.54) is 33.1 Å². The monoisotopic (exact) mass is 258 g/mol. The smallest absolute Gasteiger partial charge is 0.309 e. The van der Waals surface area contributed by atoms with Gasteiger partial charge in [0.25, 0.3) is 0 Å². The third kappa shape index (κ3) is 8.32. The van der Waals surface area contributed by atoms with E-state index in [-0.39, 0.29) is 6.42 Å². The van der Waals surface area contributed by atoms with E-state index in [2.05, 4.69) is 4.74 Å². The fourth-order valence-electron chi connectivity index (χ4n) is 1.19. The Morgan fingerprint density at radius 3 is 2.06 bits per heavy atom. The van der Waals surface area contributed by atoms with Gasteiger partial charge in [-0.2, -0.15) is 0 Å². The average molecular weight is 258 g/mol. The fraction of sp³-hybridized carbons (Fsp3) is 0.583. The van der Waals surface area contributed by atoms with Crippen LogP contribution in [0.3, 0.4) is 0 Å². The molecule has 0 aliphatic rings. The number of ether oxygens (including phenoxy) is 3. The van der Waals surface area contributed by atoms with Crippen LogP contribution in [0, 0.1) is 0 Å². The molecule has 0 radical (unpaired) electrons. The lowest BCUT2D eigenvalue weighted by molar-refractivity contribution is -0.150. The van der Waals surface area contributed by atoms with Crippen LogP contribution in [0.4, 0.5) is 0 Å². The first-order valence-electron chi connectivity index (χ1n) is 5.44. The molecule has 0 spiro atoms. The minimum Gasteiger partial charge on any atom is -0.469 e. The maximum atomic E-state index is 11.1. The van der Waals surface area contributed by atoms with Gasteiger partial charge in [0.1, 0.15) is 12.2 Å². The molecule has 0 fully saturated rings. The molecule has 0 amide bonds. The minimum absolute atomic E-state index is 0.0840. The van der Waals surface area contributed by atoms with Gasteiger partial charge in [-0.1, -0.05) is 0 Å². The highest BCUT2D eigenvalue weighted by Crippen LogP contribution is 2.05. The summed E-state index contributed by atoms with van der Waals surface area (Å²) in [7, 11) is 1.25. The van der Waals surface area contributed by atoms with Crippen molar-refractivity contribution in [3.05, 3.63) is 12.2 Å². The van der Waals surface area contributed by atoms with Gasteiger partial charge in [0.2, 0.25) is 0 Å². The topological polar surface area (TPSA) is 78.9 Å². The molecule has 0 aromatic carbocycles. The van der Waals surface area contributed by atoms with Gasteiger partial charge < -0.3 is 14.2 Å². The minimum atomic E-state index is -0.729. The normalized spacial score (nSPS) is 13.8. The Morgan fingerprint density at radius 1 is 1.06 bits per heavy atom. The van der Waals surface area contributed by atoms with Crippen LogP contribution in [0.5, 0.6) is 0 Å². The number of rotatable bonds is 6. The van der Waals surface area contributed by atoms with Crippen molar-refractivity contribution in [3.63, 3.8) is 0 Å². The first-order valence-corrected chi connectivity index (χ1v) is 5.44. The van der Waals surface area contributed by atoms with E-state index >= 15 is 0 Å². The summed E-state index contributed by atoms with van der Waals surface area (Å²) in [5, 5.41) is 0. The van der Waals surface area contributed by atoms with E-state index in [0.29, 0.717) is 0 Å². The zero-order valence-corrected chi connectivity index (χ0v) is 11.0. The number of esters is 3. The summed E-state index contributed by atoms with van der Waals surface area (Å²) in [6.07, 6.45) is 1.76. The average Bonchev–Trinajstić information content (AvgIpc) is 2.24. The second-order valence-electron chi connectivity index (χ2n) is 3.63. The quantitative estimate of drug-likeness (QED) is 0.401. The number of carbonyl (C=O) groups is 3. The van der Waals surface area contributed by atoms with Gasteiger partial charge in [0, 0.05) is 13.8 Å². The van der Waals surface area contributed by atoms with E-state index < -0.39 is 30.1 Å². The zero-order valence-electron chi connectivity index (χ0n) is 11.0. The third-order valence-corrected chi connectivity index (χ3v) is 1.86. The Balaban J connectivity index is 4.46. The molecule has 0 aliphatic carbocycles. The van der Waals surface area contributed by atoms with Crippen LogP contribution < -0.4 is 0 Å². The van der Waals surface area contributed by atoms with E-state index in [9.17, 15) is 14.4 Å². The van der Waals surface area contributed by atoms with Crippen molar-refractivity contribution in [2.75, 3.05) is 7.11 Å². The second kappa shape index (κ2) is 8.27. The lowest BCUT2D eigenvalue weighted by atomic mass is 10.2. The molecule has 0 saturated heterocycles. The first-order chi connectivity index (χ1) is 8.35. The lowest BCUT2D eigenvalue weighted by Gasteiger charge is -2.13. The lowest BCUT2D eigenvalue weighted by Crippen LogP contribution is -2.20. The molecule has 2 unspecified atom stereocenters. The molecule has 0 rings (SSSR count). The van der Waals surface area contributed by atoms with Crippen molar-refractivity contribution in [2.24, 2.45) is 0 Å². The van der Waals surface area contributed by atoms with Gasteiger partial charge in [-0.05, 0) is 19.1 Å². The summed E-state index contributed by atoms with van der Waals surface area (Å²) < 4.78 is 14.2. The predicted molar refractivity (Wildman–Crippen MR) is 62.6 cm³/mol. The second-order valence-corrected chi connectivity index (χ2v) is 3.63. The fourth-order valence-corrected chi connectivity index (χ4v) is 1.19. The van der Waals surface area contributed by atoms with Crippen LogP contribution in [-0.2, 0) is 28.6 Å². The molecular formula is C12H18O6. The molecule has 6 nitrogen and oxygen atoms in total. The van der Waals surface area contributed by atoms with E-state index in [1.54, 1.807) is 6.92 Å². The van der Waals surface area contributed by atoms with Crippen molar-refractivity contribution >= 4 is 17.9 Å². The van der Waals surface area contributed by atoms with Gasteiger partial charge >= 0.3 is 17.9 Å². The zero-order chi connectivity index (χ0) is 14.1. The number of methoxy groups -OCH3 is 1. The molecule has 0 bridgehead atoms. The molecular weight excluding hydrogens is 240 g/mol. The number of hydrogen-bond donors (Lipinski definition) is 0. The van der Waals surface area contributed by atoms with Crippen LogP contribution in [-0.4, -0.2) is 37.2 Å². The molecule has 2 atom stereocenters. The molecule has 102 valence electrons. The molecule has 0 aromatic heterocycles.